The van der Waals surface area contributed by atoms with Crippen LogP contribution in [0.2, 0.25) is 5.02 Å². The maximum atomic E-state index is 14.3. The van der Waals surface area contributed by atoms with Crippen molar-refractivity contribution in [2.24, 2.45) is 5.92 Å². The first-order valence-electron chi connectivity index (χ1n) is 12.5. The molecule has 188 valence electrons. The zero-order valence-corrected chi connectivity index (χ0v) is 20.9. The molecule has 1 aliphatic carbocycles. The highest BCUT2D eigenvalue weighted by Gasteiger charge is 2.47. The highest BCUT2D eigenvalue weighted by Crippen LogP contribution is 2.40. The Morgan fingerprint density at radius 1 is 1.08 bits per heavy atom. The number of carbonyl (C=O) groups excluding carboxylic acids is 3. The quantitative estimate of drug-likeness (QED) is 0.469. The number of nitrogens with zero attached hydrogens (tertiary/aromatic N) is 2. The van der Waals surface area contributed by atoms with Crippen LogP contribution in [0.4, 0.5) is 4.39 Å². The summed E-state index contributed by atoms with van der Waals surface area (Å²) < 4.78 is 16.1. The van der Waals surface area contributed by atoms with Gasteiger partial charge in [-0.25, -0.2) is 4.39 Å². The van der Waals surface area contributed by atoms with E-state index in [9.17, 15) is 18.8 Å². The molecule has 1 aromatic heterocycles. The van der Waals surface area contributed by atoms with E-state index < -0.39 is 11.9 Å². The molecule has 0 bridgehead atoms. The lowest BCUT2D eigenvalue weighted by molar-refractivity contribution is -0.141. The fourth-order valence-electron chi connectivity index (χ4n) is 5.92. The minimum atomic E-state index is -0.609. The SMILES string of the molecule is CC(=O)c1cn(CC(=O)N2[C@H](C(=O)NCc3cccc(Cl)c3F)C[C@@H]3CCCC[C@@H]32)c2ccccc12. The Balaban J connectivity index is 1.39. The summed E-state index contributed by atoms with van der Waals surface area (Å²) in [6.07, 6.45) is 6.31. The summed E-state index contributed by atoms with van der Waals surface area (Å²) in [5, 5.41) is 3.65. The molecule has 2 aromatic carbocycles. The van der Waals surface area contributed by atoms with Gasteiger partial charge in [0.2, 0.25) is 11.8 Å². The summed E-state index contributed by atoms with van der Waals surface area (Å²) in [5.74, 6) is -0.756. The van der Waals surface area contributed by atoms with Crippen LogP contribution in [0.25, 0.3) is 10.9 Å². The Hall–Kier alpha value is -3.19. The second kappa shape index (κ2) is 10.1. The average molecular weight is 510 g/mol. The van der Waals surface area contributed by atoms with E-state index in [4.69, 9.17) is 11.6 Å². The van der Waals surface area contributed by atoms with Gasteiger partial charge in [0.05, 0.1) is 5.02 Å². The van der Waals surface area contributed by atoms with Gasteiger partial charge < -0.3 is 14.8 Å². The molecular formula is C28H29ClFN3O3. The fraction of sp³-hybridized carbons (Fsp3) is 0.393. The third-order valence-corrected chi connectivity index (χ3v) is 7.93. The zero-order chi connectivity index (χ0) is 25.4. The van der Waals surface area contributed by atoms with E-state index in [0.29, 0.717) is 17.5 Å². The summed E-state index contributed by atoms with van der Waals surface area (Å²) in [6, 6.07) is 11.6. The molecule has 3 aromatic rings. The third-order valence-electron chi connectivity index (χ3n) is 7.64. The zero-order valence-electron chi connectivity index (χ0n) is 20.2. The van der Waals surface area contributed by atoms with E-state index in [-0.39, 0.29) is 47.7 Å². The fourth-order valence-corrected chi connectivity index (χ4v) is 6.12. The Kier molecular flexibility index (Phi) is 6.84. The molecular weight excluding hydrogens is 481 g/mol. The molecule has 1 aliphatic heterocycles. The van der Waals surface area contributed by atoms with Gasteiger partial charge >= 0.3 is 0 Å². The number of benzene rings is 2. The summed E-state index contributed by atoms with van der Waals surface area (Å²) >= 11 is 5.88. The molecule has 2 fully saturated rings. The van der Waals surface area contributed by atoms with Crippen molar-refractivity contribution in [1.82, 2.24) is 14.8 Å². The van der Waals surface area contributed by atoms with Crippen LogP contribution in [-0.4, -0.2) is 39.1 Å². The number of rotatable bonds is 6. The summed E-state index contributed by atoms with van der Waals surface area (Å²) in [6.45, 7) is 1.57. The van der Waals surface area contributed by atoms with E-state index in [1.807, 2.05) is 24.3 Å². The predicted octanol–water partition coefficient (Wildman–Crippen LogP) is 5.11. The molecule has 0 radical (unpaired) electrons. The lowest BCUT2D eigenvalue weighted by Crippen LogP contribution is -2.50. The van der Waals surface area contributed by atoms with Gasteiger partial charge in [0.1, 0.15) is 18.4 Å². The number of fused-ring (bicyclic) bond motifs is 2. The van der Waals surface area contributed by atoms with Gasteiger partial charge in [-0.3, -0.25) is 14.4 Å². The van der Waals surface area contributed by atoms with Gasteiger partial charge in [-0.05, 0) is 44.2 Å². The molecule has 1 N–H and O–H groups in total. The van der Waals surface area contributed by atoms with E-state index in [1.54, 1.807) is 27.8 Å². The first-order chi connectivity index (χ1) is 17.3. The third kappa shape index (κ3) is 4.52. The van der Waals surface area contributed by atoms with Crippen LogP contribution in [0.3, 0.4) is 0 Å². The van der Waals surface area contributed by atoms with Crippen LogP contribution >= 0.6 is 11.6 Å². The Labute approximate surface area is 214 Å². The smallest absolute Gasteiger partial charge is 0.243 e. The summed E-state index contributed by atoms with van der Waals surface area (Å²) in [5.41, 5.74) is 1.70. The second-order valence-corrected chi connectivity index (χ2v) is 10.2. The number of amides is 2. The summed E-state index contributed by atoms with van der Waals surface area (Å²) in [7, 11) is 0. The Morgan fingerprint density at radius 2 is 1.86 bits per heavy atom. The monoisotopic (exact) mass is 509 g/mol. The van der Waals surface area contributed by atoms with Crippen molar-refractivity contribution >= 4 is 40.1 Å². The summed E-state index contributed by atoms with van der Waals surface area (Å²) in [4.78, 5) is 41.0. The average Bonchev–Trinajstić information content (AvgIpc) is 3.44. The molecule has 8 heteroatoms. The van der Waals surface area contributed by atoms with Crippen LogP contribution in [0, 0.1) is 11.7 Å². The van der Waals surface area contributed by atoms with Crippen LogP contribution in [0.5, 0.6) is 0 Å². The normalized spacial score (nSPS) is 21.4. The van der Waals surface area contributed by atoms with Crippen LogP contribution < -0.4 is 5.32 Å². The molecule has 3 atom stereocenters. The topological polar surface area (TPSA) is 71.4 Å². The molecule has 2 amide bonds. The van der Waals surface area contributed by atoms with Crippen LogP contribution in [0.15, 0.2) is 48.7 Å². The van der Waals surface area contributed by atoms with E-state index in [0.717, 1.165) is 36.6 Å². The van der Waals surface area contributed by atoms with Gasteiger partial charge in [-0.1, -0.05) is 54.8 Å². The first kappa shape index (κ1) is 24.5. The molecule has 1 saturated carbocycles. The van der Waals surface area contributed by atoms with Crippen molar-refractivity contribution < 1.29 is 18.8 Å². The van der Waals surface area contributed by atoms with Gasteiger partial charge in [0.25, 0.3) is 0 Å². The van der Waals surface area contributed by atoms with Crippen molar-refractivity contribution in [2.45, 2.75) is 64.2 Å². The van der Waals surface area contributed by atoms with Crippen molar-refractivity contribution in [3.63, 3.8) is 0 Å². The number of ketones is 1. The molecule has 1 saturated heterocycles. The number of halogens is 2. The predicted molar refractivity (Wildman–Crippen MR) is 136 cm³/mol. The number of Topliss-reactive ketones (excluding diaryl/α,β-unsaturated/α-hetero) is 1. The second-order valence-electron chi connectivity index (χ2n) is 9.84. The number of carbonyl (C=O) groups is 3. The molecule has 2 aliphatic rings. The molecule has 36 heavy (non-hydrogen) atoms. The number of aromatic nitrogens is 1. The Bertz CT molecular complexity index is 1340. The number of hydrogen-bond donors (Lipinski definition) is 1. The lowest BCUT2D eigenvalue weighted by Gasteiger charge is -2.33. The number of para-hydroxylation sites is 1. The molecule has 0 unspecified atom stereocenters. The number of likely N-dealkylation sites (tertiary alicyclic amines) is 1. The maximum Gasteiger partial charge on any atom is 0.243 e. The van der Waals surface area contributed by atoms with Gasteiger partial charge in [0, 0.05) is 40.8 Å². The van der Waals surface area contributed by atoms with Crippen LogP contribution in [-0.2, 0) is 22.7 Å². The molecule has 6 nitrogen and oxygen atoms in total. The lowest BCUT2D eigenvalue weighted by atomic mass is 9.84. The van der Waals surface area contributed by atoms with Crippen LogP contribution in [0.1, 0.15) is 54.9 Å². The van der Waals surface area contributed by atoms with E-state index in [1.165, 1.54) is 13.0 Å². The minimum absolute atomic E-state index is 0.00327. The van der Waals surface area contributed by atoms with Crippen molar-refractivity contribution in [2.75, 3.05) is 0 Å². The molecule has 0 spiro atoms. The Morgan fingerprint density at radius 3 is 2.67 bits per heavy atom. The molecule has 5 rings (SSSR count). The first-order valence-corrected chi connectivity index (χ1v) is 12.8. The number of hydrogen-bond acceptors (Lipinski definition) is 3. The van der Waals surface area contributed by atoms with E-state index in [2.05, 4.69) is 5.32 Å². The number of nitrogens with one attached hydrogen (secondary N) is 1. The maximum absolute atomic E-state index is 14.3. The van der Waals surface area contributed by atoms with Gasteiger partial charge in [-0.15, -0.1) is 0 Å². The highest BCUT2D eigenvalue weighted by atomic mass is 35.5. The largest absolute Gasteiger partial charge is 0.350 e. The van der Waals surface area contributed by atoms with Crippen molar-refractivity contribution in [3.8, 4) is 0 Å². The van der Waals surface area contributed by atoms with Crippen molar-refractivity contribution in [1.29, 1.82) is 0 Å². The standard InChI is InChI=1S/C28H29ClFN3O3/c1-17(34)21-15-32(24-12-5-3-9-20(21)24)16-26(35)33-23-11-4-2-7-18(23)13-25(33)28(36)31-14-19-8-6-10-22(29)27(19)30/h3,5-6,8-10,12,15,18,23,25H,2,4,7,11,13-14,16H2,1H3,(H,31,36)/t18-,23-,25-/m0/s1. The highest BCUT2D eigenvalue weighted by molar-refractivity contribution is 6.30. The van der Waals surface area contributed by atoms with E-state index >= 15 is 0 Å². The van der Waals surface area contributed by atoms with Crippen molar-refractivity contribution in [3.05, 3.63) is 70.6 Å². The van der Waals surface area contributed by atoms with Gasteiger partial charge in [0.15, 0.2) is 5.78 Å². The minimum Gasteiger partial charge on any atom is -0.350 e. The molecule has 2 heterocycles. The van der Waals surface area contributed by atoms with Gasteiger partial charge in [-0.2, -0.15) is 0 Å².